The van der Waals surface area contributed by atoms with E-state index in [1.165, 1.54) is 17.4 Å². The molecular formula is C12H13F2N3OS. The van der Waals surface area contributed by atoms with Crippen LogP contribution in [0.5, 0.6) is 10.9 Å². The van der Waals surface area contributed by atoms with Crippen molar-refractivity contribution in [3.05, 3.63) is 34.8 Å². The van der Waals surface area contributed by atoms with Crippen LogP contribution in [0.2, 0.25) is 0 Å². The fourth-order valence-electron chi connectivity index (χ4n) is 1.28. The summed E-state index contributed by atoms with van der Waals surface area (Å²) in [5.41, 5.74) is 0. The molecule has 4 nitrogen and oxygen atoms in total. The normalized spacial score (nSPS) is 11.0. The second kappa shape index (κ2) is 6.03. The number of benzene rings is 1. The smallest absolute Gasteiger partial charge is 0.299 e. The molecule has 0 fully saturated rings. The summed E-state index contributed by atoms with van der Waals surface area (Å²) < 4.78 is 31.1. The van der Waals surface area contributed by atoms with Gasteiger partial charge in [0, 0.05) is 12.1 Å². The van der Waals surface area contributed by atoms with Crippen LogP contribution < -0.4 is 10.1 Å². The van der Waals surface area contributed by atoms with Crippen molar-refractivity contribution in [1.29, 1.82) is 0 Å². The first-order valence-corrected chi connectivity index (χ1v) is 6.55. The molecule has 0 saturated heterocycles. The van der Waals surface area contributed by atoms with Gasteiger partial charge in [-0.05, 0) is 12.1 Å². The Hall–Kier alpha value is -1.60. The Balaban J connectivity index is 2.01. The monoisotopic (exact) mass is 285 g/mol. The minimum atomic E-state index is -0.955. The summed E-state index contributed by atoms with van der Waals surface area (Å²) in [6, 6.07) is 3.67. The van der Waals surface area contributed by atoms with Crippen molar-refractivity contribution in [2.24, 2.45) is 0 Å². The molecule has 0 atom stereocenters. The van der Waals surface area contributed by atoms with Crippen molar-refractivity contribution < 1.29 is 13.5 Å². The average molecular weight is 285 g/mol. The molecule has 0 aliphatic carbocycles. The SMILES string of the molecule is CC(C)NCc1nnc(Oc2ccc(F)c(F)c2)s1. The van der Waals surface area contributed by atoms with Crippen molar-refractivity contribution in [2.75, 3.05) is 0 Å². The molecule has 0 aliphatic rings. The van der Waals surface area contributed by atoms with Crippen LogP contribution in [0.3, 0.4) is 0 Å². The minimum absolute atomic E-state index is 0.193. The maximum absolute atomic E-state index is 13.0. The van der Waals surface area contributed by atoms with Crippen LogP contribution in [0, 0.1) is 11.6 Å². The van der Waals surface area contributed by atoms with Crippen LogP contribution in [0.4, 0.5) is 8.78 Å². The van der Waals surface area contributed by atoms with E-state index in [1.807, 2.05) is 13.8 Å². The van der Waals surface area contributed by atoms with Crippen LogP contribution in [0.1, 0.15) is 18.9 Å². The van der Waals surface area contributed by atoms with Gasteiger partial charge in [-0.15, -0.1) is 5.10 Å². The molecule has 0 unspecified atom stereocenters. The maximum Gasteiger partial charge on any atom is 0.299 e. The zero-order valence-electron chi connectivity index (χ0n) is 10.5. The Morgan fingerprint density at radius 1 is 1.26 bits per heavy atom. The molecule has 1 heterocycles. The van der Waals surface area contributed by atoms with E-state index >= 15 is 0 Å². The van der Waals surface area contributed by atoms with Gasteiger partial charge in [0.2, 0.25) is 0 Å². The van der Waals surface area contributed by atoms with Crippen LogP contribution in [0.25, 0.3) is 0 Å². The predicted octanol–water partition coefficient (Wildman–Crippen LogP) is 3.11. The van der Waals surface area contributed by atoms with E-state index in [2.05, 4.69) is 15.5 Å². The first kappa shape index (κ1) is 13.8. The standard InChI is InChI=1S/C12H13F2N3OS/c1-7(2)15-6-11-16-17-12(19-11)18-8-3-4-9(13)10(14)5-8/h3-5,7,15H,6H2,1-2H3. The Bertz CT molecular complexity index is 560. The third-order valence-electron chi connectivity index (χ3n) is 2.21. The number of nitrogens with one attached hydrogen (secondary N) is 1. The third kappa shape index (κ3) is 3.93. The molecule has 2 rings (SSSR count). The van der Waals surface area contributed by atoms with Gasteiger partial charge in [-0.3, -0.25) is 0 Å². The van der Waals surface area contributed by atoms with Gasteiger partial charge in [0.15, 0.2) is 11.6 Å². The van der Waals surface area contributed by atoms with E-state index in [-0.39, 0.29) is 5.75 Å². The molecular weight excluding hydrogens is 272 g/mol. The maximum atomic E-state index is 13.0. The molecule has 0 saturated carbocycles. The zero-order chi connectivity index (χ0) is 13.8. The quantitative estimate of drug-likeness (QED) is 0.917. The molecule has 7 heteroatoms. The lowest BCUT2D eigenvalue weighted by molar-refractivity contribution is 0.455. The highest BCUT2D eigenvalue weighted by Gasteiger charge is 2.09. The van der Waals surface area contributed by atoms with E-state index in [0.717, 1.165) is 17.1 Å². The summed E-state index contributed by atoms with van der Waals surface area (Å²) in [7, 11) is 0. The van der Waals surface area contributed by atoms with Crippen LogP contribution in [-0.4, -0.2) is 16.2 Å². The second-order valence-corrected chi connectivity index (χ2v) is 5.20. The fourth-order valence-corrected chi connectivity index (χ4v) is 1.94. The highest BCUT2D eigenvalue weighted by Crippen LogP contribution is 2.26. The average Bonchev–Trinajstić information content (AvgIpc) is 2.79. The van der Waals surface area contributed by atoms with Gasteiger partial charge >= 0.3 is 0 Å². The van der Waals surface area contributed by atoms with Gasteiger partial charge in [0.25, 0.3) is 5.19 Å². The van der Waals surface area contributed by atoms with Crippen LogP contribution in [-0.2, 0) is 6.54 Å². The van der Waals surface area contributed by atoms with E-state index in [4.69, 9.17) is 4.74 Å². The molecule has 102 valence electrons. The van der Waals surface area contributed by atoms with Crippen molar-refractivity contribution in [2.45, 2.75) is 26.4 Å². The lowest BCUT2D eigenvalue weighted by atomic mass is 10.3. The highest BCUT2D eigenvalue weighted by atomic mass is 32.1. The van der Waals surface area contributed by atoms with Gasteiger partial charge in [-0.2, -0.15) is 0 Å². The van der Waals surface area contributed by atoms with E-state index in [1.54, 1.807) is 0 Å². The summed E-state index contributed by atoms with van der Waals surface area (Å²) in [5, 5.41) is 12.0. The highest BCUT2D eigenvalue weighted by molar-refractivity contribution is 7.13. The van der Waals surface area contributed by atoms with Crippen molar-refractivity contribution in [3.8, 4) is 10.9 Å². The Labute approximate surface area is 113 Å². The van der Waals surface area contributed by atoms with Crippen LogP contribution >= 0.6 is 11.3 Å². The van der Waals surface area contributed by atoms with Gasteiger partial charge in [0.05, 0.1) is 6.54 Å². The molecule has 0 radical (unpaired) electrons. The number of rotatable bonds is 5. The topological polar surface area (TPSA) is 47.0 Å². The third-order valence-corrected chi connectivity index (χ3v) is 3.01. The molecule has 0 bridgehead atoms. The summed E-state index contributed by atoms with van der Waals surface area (Å²) in [5.74, 6) is -1.67. The molecule has 0 spiro atoms. The lowest BCUT2D eigenvalue weighted by Crippen LogP contribution is -2.21. The first-order valence-electron chi connectivity index (χ1n) is 5.73. The first-order chi connectivity index (χ1) is 9.04. The molecule has 2 aromatic rings. The zero-order valence-corrected chi connectivity index (χ0v) is 11.3. The van der Waals surface area contributed by atoms with Crippen molar-refractivity contribution in [1.82, 2.24) is 15.5 Å². The van der Waals surface area contributed by atoms with Crippen molar-refractivity contribution in [3.63, 3.8) is 0 Å². The van der Waals surface area contributed by atoms with Crippen molar-refractivity contribution >= 4 is 11.3 Å². The van der Waals surface area contributed by atoms with Gasteiger partial charge < -0.3 is 10.1 Å². The number of nitrogens with zero attached hydrogens (tertiary/aromatic N) is 2. The summed E-state index contributed by atoms with van der Waals surface area (Å²) in [4.78, 5) is 0. The number of halogens is 2. The number of hydrogen-bond donors (Lipinski definition) is 1. The van der Waals surface area contributed by atoms with Gasteiger partial charge in [0.1, 0.15) is 10.8 Å². The Kier molecular flexibility index (Phi) is 4.39. The van der Waals surface area contributed by atoms with E-state index < -0.39 is 11.6 Å². The fraction of sp³-hybridized carbons (Fsp3) is 0.333. The summed E-state index contributed by atoms with van der Waals surface area (Å²) in [6.45, 7) is 4.65. The number of aromatic nitrogens is 2. The van der Waals surface area contributed by atoms with E-state index in [9.17, 15) is 8.78 Å². The van der Waals surface area contributed by atoms with Gasteiger partial charge in [-0.25, -0.2) is 8.78 Å². The molecule has 0 aliphatic heterocycles. The molecule has 1 aromatic carbocycles. The molecule has 1 N–H and O–H groups in total. The number of hydrogen-bond acceptors (Lipinski definition) is 5. The molecule has 19 heavy (non-hydrogen) atoms. The predicted molar refractivity (Wildman–Crippen MR) is 68.3 cm³/mol. The minimum Gasteiger partial charge on any atom is -0.430 e. The van der Waals surface area contributed by atoms with Crippen LogP contribution in [0.15, 0.2) is 18.2 Å². The summed E-state index contributed by atoms with van der Waals surface area (Å²) in [6.07, 6.45) is 0. The number of ether oxygens (including phenoxy) is 1. The van der Waals surface area contributed by atoms with Gasteiger partial charge in [-0.1, -0.05) is 30.3 Å². The largest absolute Gasteiger partial charge is 0.430 e. The molecule has 1 aromatic heterocycles. The lowest BCUT2D eigenvalue weighted by Gasteiger charge is -2.03. The second-order valence-electron chi connectivity index (χ2n) is 4.18. The van der Waals surface area contributed by atoms with E-state index in [0.29, 0.717) is 17.8 Å². The summed E-state index contributed by atoms with van der Waals surface area (Å²) >= 11 is 1.26. The molecule has 0 amide bonds. The Morgan fingerprint density at radius 2 is 2.05 bits per heavy atom. The Morgan fingerprint density at radius 3 is 2.74 bits per heavy atom.